The van der Waals surface area contributed by atoms with Gasteiger partial charge in [0.05, 0.1) is 6.10 Å². The lowest BCUT2D eigenvalue weighted by molar-refractivity contribution is 0.0802. The van der Waals surface area contributed by atoms with E-state index in [0.717, 1.165) is 18.6 Å². The first-order chi connectivity index (χ1) is 8.84. The molecule has 3 aliphatic rings. The molecule has 1 aliphatic carbocycles. The highest BCUT2D eigenvalue weighted by Gasteiger charge is 2.40. The minimum Gasteiger partial charge on any atom is -0.376 e. The molecule has 0 aromatic heterocycles. The van der Waals surface area contributed by atoms with Crippen molar-refractivity contribution in [3.05, 3.63) is 0 Å². The molecule has 0 bridgehead atoms. The normalized spacial score (nSPS) is 38.2. The molecule has 18 heavy (non-hydrogen) atoms. The van der Waals surface area contributed by atoms with Crippen LogP contribution in [0.4, 0.5) is 0 Å². The van der Waals surface area contributed by atoms with Gasteiger partial charge in [-0.15, -0.1) is 0 Å². The van der Waals surface area contributed by atoms with Gasteiger partial charge in [-0.2, -0.15) is 0 Å². The first kappa shape index (κ1) is 12.9. The molecule has 2 saturated heterocycles. The van der Waals surface area contributed by atoms with E-state index < -0.39 is 0 Å². The summed E-state index contributed by atoms with van der Waals surface area (Å²) in [6.07, 6.45) is 10.1. The molecular formula is C15H28N2O. The Morgan fingerprint density at radius 1 is 1.17 bits per heavy atom. The highest BCUT2D eigenvalue weighted by atomic mass is 16.5. The highest BCUT2D eigenvalue weighted by molar-refractivity contribution is 4.93. The Balaban J connectivity index is 1.38. The molecule has 0 aromatic carbocycles. The summed E-state index contributed by atoms with van der Waals surface area (Å²) in [5.74, 6) is 0.877. The van der Waals surface area contributed by atoms with Crippen LogP contribution in [0.15, 0.2) is 0 Å². The highest BCUT2D eigenvalue weighted by Crippen LogP contribution is 2.38. The molecule has 0 aromatic rings. The number of likely N-dealkylation sites (tertiary alicyclic amines) is 1. The van der Waals surface area contributed by atoms with Crippen molar-refractivity contribution >= 4 is 0 Å². The number of hydrogen-bond donors (Lipinski definition) is 1. The van der Waals surface area contributed by atoms with Gasteiger partial charge in [-0.3, -0.25) is 0 Å². The zero-order valence-corrected chi connectivity index (χ0v) is 11.7. The molecule has 2 heterocycles. The van der Waals surface area contributed by atoms with E-state index in [9.17, 15) is 0 Å². The first-order valence-corrected chi connectivity index (χ1v) is 7.90. The second-order valence-electron chi connectivity index (χ2n) is 6.44. The third-order valence-electron chi connectivity index (χ3n) is 5.03. The van der Waals surface area contributed by atoms with Crippen molar-refractivity contribution in [2.45, 2.75) is 63.1 Å². The number of nitrogens with one attached hydrogen (secondary N) is 1. The van der Waals surface area contributed by atoms with Crippen LogP contribution in [0.25, 0.3) is 0 Å². The van der Waals surface area contributed by atoms with E-state index in [4.69, 9.17) is 4.74 Å². The number of ether oxygens (including phenoxy) is 1. The fourth-order valence-corrected chi connectivity index (χ4v) is 3.66. The van der Waals surface area contributed by atoms with Crippen molar-refractivity contribution in [3.63, 3.8) is 0 Å². The van der Waals surface area contributed by atoms with E-state index in [2.05, 4.69) is 17.3 Å². The third-order valence-corrected chi connectivity index (χ3v) is 5.03. The largest absolute Gasteiger partial charge is 0.376 e. The summed E-state index contributed by atoms with van der Waals surface area (Å²) in [4.78, 5) is 2.55. The van der Waals surface area contributed by atoms with E-state index in [1.807, 2.05) is 0 Å². The molecule has 2 aliphatic heterocycles. The number of nitrogens with zero attached hydrogens (tertiary/aromatic N) is 1. The van der Waals surface area contributed by atoms with E-state index in [1.54, 1.807) is 0 Å². The molecule has 1 saturated carbocycles. The summed E-state index contributed by atoms with van der Waals surface area (Å²) in [5, 5.41) is 3.77. The maximum Gasteiger partial charge on any atom is 0.0756 e. The van der Waals surface area contributed by atoms with Crippen molar-refractivity contribution in [2.75, 3.05) is 26.7 Å². The van der Waals surface area contributed by atoms with Gasteiger partial charge in [-0.05, 0) is 64.6 Å². The van der Waals surface area contributed by atoms with Crippen LogP contribution < -0.4 is 5.32 Å². The lowest BCUT2D eigenvalue weighted by Crippen LogP contribution is -2.42. The molecule has 3 unspecified atom stereocenters. The van der Waals surface area contributed by atoms with Crippen LogP contribution in [0.1, 0.15) is 44.9 Å². The lowest BCUT2D eigenvalue weighted by atomic mass is 9.99. The maximum atomic E-state index is 5.88. The smallest absolute Gasteiger partial charge is 0.0756 e. The molecule has 3 atom stereocenters. The molecule has 3 fully saturated rings. The van der Waals surface area contributed by atoms with Crippen LogP contribution in [0, 0.1) is 5.92 Å². The van der Waals surface area contributed by atoms with Crippen molar-refractivity contribution in [1.29, 1.82) is 0 Å². The summed E-state index contributed by atoms with van der Waals surface area (Å²) >= 11 is 0. The van der Waals surface area contributed by atoms with Gasteiger partial charge in [0.15, 0.2) is 0 Å². The van der Waals surface area contributed by atoms with Gasteiger partial charge < -0.3 is 15.0 Å². The van der Waals surface area contributed by atoms with Gasteiger partial charge in [-0.25, -0.2) is 0 Å². The average molecular weight is 252 g/mol. The van der Waals surface area contributed by atoms with Gasteiger partial charge in [-0.1, -0.05) is 6.42 Å². The van der Waals surface area contributed by atoms with Crippen LogP contribution in [0.2, 0.25) is 0 Å². The van der Waals surface area contributed by atoms with Crippen LogP contribution in [0.3, 0.4) is 0 Å². The van der Waals surface area contributed by atoms with E-state index >= 15 is 0 Å². The second-order valence-corrected chi connectivity index (χ2v) is 6.44. The standard InChI is InChI=1S/C15H28N2O/c1-17-10-3-2-4-13(17)7-9-16-14-8-11-18-15(14)12-5-6-12/h12-16H,2-11H2,1H3. The Morgan fingerprint density at radius 2 is 2.06 bits per heavy atom. The van der Waals surface area contributed by atoms with Crippen LogP contribution >= 0.6 is 0 Å². The van der Waals surface area contributed by atoms with Gasteiger partial charge in [0, 0.05) is 18.7 Å². The number of rotatable bonds is 5. The first-order valence-electron chi connectivity index (χ1n) is 7.90. The Hall–Kier alpha value is -0.120. The maximum absolute atomic E-state index is 5.88. The molecule has 104 valence electrons. The summed E-state index contributed by atoms with van der Waals surface area (Å²) < 4.78 is 5.88. The topological polar surface area (TPSA) is 24.5 Å². The summed E-state index contributed by atoms with van der Waals surface area (Å²) in [6, 6.07) is 1.46. The molecule has 0 spiro atoms. The predicted molar refractivity (Wildman–Crippen MR) is 73.8 cm³/mol. The molecule has 3 nitrogen and oxygen atoms in total. The second kappa shape index (κ2) is 5.89. The molecular weight excluding hydrogens is 224 g/mol. The Bertz CT molecular complexity index is 267. The van der Waals surface area contributed by atoms with E-state index in [0.29, 0.717) is 12.1 Å². The SMILES string of the molecule is CN1CCCCC1CCNC1CCOC1C1CC1. The van der Waals surface area contributed by atoms with Crippen LogP contribution in [0.5, 0.6) is 0 Å². The molecule has 3 rings (SSSR count). The van der Waals surface area contributed by atoms with Gasteiger partial charge in [0.2, 0.25) is 0 Å². The zero-order valence-electron chi connectivity index (χ0n) is 11.7. The van der Waals surface area contributed by atoms with Gasteiger partial charge in [0.1, 0.15) is 0 Å². The Labute approximate surface area is 111 Å². The summed E-state index contributed by atoms with van der Waals surface area (Å²) in [7, 11) is 2.29. The minimum absolute atomic E-state index is 0.536. The monoisotopic (exact) mass is 252 g/mol. The van der Waals surface area contributed by atoms with Crippen molar-refractivity contribution < 1.29 is 4.74 Å². The third kappa shape index (κ3) is 3.06. The summed E-state index contributed by atoms with van der Waals surface area (Å²) in [5.41, 5.74) is 0. The van der Waals surface area contributed by atoms with Crippen LogP contribution in [-0.4, -0.2) is 49.8 Å². The number of piperidine rings is 1. The predicted octanol–water partition coefficient (Wildman–Crippen LogP) is 2.02. The van der Waals surface area contributed by atoms with Gasteiger partial charge in [0.25, 0.3) is 0 Å². The Morgan fingerprint density at radius 3 is 2.83 bits per heavy atom. The van der Waals surface area contributed by atoms with E-state index in [1.165, 1.54) is 58.0 Å². The fourth-order valence-electron chi connectivity index (χ4n) is 3.66. The average Bonchev–Trinajstić information content (AvgIpc) is 3.12. The Kier molecular flexibility index (Phi) is 4.22. The molecule has 0 amide bonds. The van der Waals surface area contributed by atoms with Crippen LogP contribution in [-0.2, 0) is 4.74 Å². The van der Waals surface area contributed by atoms with Gasteiger partial charge >= 0.3 is 0 Å². The number of hydrogen-bond acceptors (Lipinski definition) is 3. The van der Waals surface area contributed by atoms with E-state index in [-0.39, 0.29) is 0 Å². The fraction of sp³-hybridized carbons (Fsp3) is 1.00. The van der Waals surface area contributed by atoms with Crippen molar-refractivity contribution in [2.24, 2.45) is 5.92 Å². The molecule has 0 radical (unpaired) electrons. The van der Waals surface area contributed by atoms with Crippen molar-refractivity contribution in [1.82, 2.24) is 10.2 Å². The zero-order chi connectivity index (χ0) is 12.4. The molecule has 1 N–H and O–H groups in total. The lowest BCUT2D eigenvalue weighted by Gasteiger charge is -2.33. The minimum atomic E-state index is 0.536. The van der Waals surface area contributed by atoms with Crippen molar-refractivity contribution in [3.8, 4) is 0 Å². The quantitative estimate of drug-likeness (QED) is 0.810. The molecule has 3 heteroatoms. The summed E-state index contributed by atoms with van der Waals surface area (Å²) in [6.45, 7) is 3.44.